The zero-order valence-corrected chi connectivity index (χ0v) is 19.4. The van der Waals surface area contributed by atoms with Crippen molar-refractivity contribution in [2.75, 3.05) is 14.2 Å². The Balaban J connectivity index is 1.63. The third kappa shape index (κ3) is 3.67. The van der Waals surface area contributed by atoms with E-state index in [1.807, 2.05) is 48.5 Å². The van der Waals surface area contributed by atoms with E-state index in [0.29, 0.717) is 46.6 Å². The Hall–Kier alpha value is -4.20. The maximum absolute atomic E-state index is 12.7. The van der Waals surface area contributed by atoms with Crippen LogP contribution in [0.25, 0.3) is 5.65 Å². The molecule has 5 rings (SSSR count). The number of nitrogens with zero attached hydrogens (tertiary/aromatic N) is 4. The molecule has 4 aromatic rings. The monoisotopic (exact) mass is 456 g/mol. The van der Waals surface area contributed by atoms with E-state index in [9.17, 15) is 4.79 Å². The minimum Gasteiger partial charge on any atom is -0.493 e. The van der Waals surface area contributed by atoms with Crippen molar-refractivity contribution in [1.29, 1.82) is 0 Å². The van der Waals surface area contributed by atoms with Gasteiger partial charge in [0.2, 0.25) is 5.88 Å². The van der Waals surface area contributed by atoms with Gasteiger partial charge >= 0.3 is 0 Å². The number of ether oxygens (including phenoxy) is 3. The fourth-order valence-electron chi connectivity index (χ4n) is 4.46. The van der Waals surface area contributed by atoms with Crippen molar-refractivity contribution in [1.82, 2.24) is 19.6 Å². The number of ketones is 1. The molecule has 1 atom stereocenters. The average molecular weight is 457 g/mol. The summed E-state index contributed by atoms with van der Waals surface area (Å²) in [6.45, 7) is 3.36. The van der Waals surface area contributed by atoms with E-state index < -0.39 is 0 Å². The zero-order chi connectivity index (χ0) is 23.8. The molecule has 0 bridgehead atoms. The molecule has 8 nitrogen and oxygen atoms in total. The summed E-state index contributed by atoms with van der Waals surface area (Å²) >= 11 is 0. The van der Waals surface area contributed by atoms with Crippen LogP contribution in [0, 0.1) is 0 Å². The molecule has 2 aromatic carbocycles. The third-order valence-electron chi connectivity index (χ3n) is 5.96. The Bertz CT molecular complexity index is 1430. The SMILES string of the molecule is COc1ccc(Cc2nc3c4c(ncn3n2)OC(C)=C(C(C)=O)[C@H]4c2ccccc2)cc1OC. The van der Waals surface area contributed by atoms with Crippen LogP contribution in [0.4, 0.5) is 0 Å². The maximum Gasteiger partial charge on any atom is 0.228 e. The van der Waals surface area contributed by atoms with Crippen molar-refractivity contribution >= 4 is 11.4 Å². The summed E-state index contributed by atoms with van der Waals surface area (Å²) in [6, 6.07) is 15.6. The summed E-state index contributed by atoms with van der Waals surface area (Å²) in [6.07, 6.45) is 2.08. The lowest BCUT2D eigenvalue weighted by Crippen LogP contribution is -2.22. The predicted molar refractivity (Wildman–Crippen MR) is 125 cm³/mol. The molecule has 3 heterocycles. The number of benzene rings is 2. The van der Waals surface area contributed by atoms with E-state index in [-0.39, 0.29) is 11.7 Å². The average Bonchev–Trinajstić information content (AvgIpc) is 3.25. The fraction of sp³-hybridized carbons (Fsp3) is 0.231. The molecule has 0 N–H and O–H groups in total. The van der Waals surface area contributed by atoms with Crippen LogP contribution in [0.1, 0.15) is 42.3 Å². The normalized spacial score (nSPS) is 15.1. The molecule has 1 aliphatic heterocycles. The number of carbonyl (C=O) groups excluding carboxylic acids is 1. The van der Waals surface area contributed by atoms with Crippen molar-refractivity contribution in [3.63, 3.8) is 0 Å². The van der Waals surface area contributed by atoms with Gasteiger partial charge in [-0.1, -0.05) is 36.4 Å². The number of methoxy groups -OCH3 is 2. The maximum atomic E-state index is 12.7. The van der Waals surface area contributed by atoms with Gasteiger partial charge in [0.1, 0.15) is 12.1 Å². The first kappa shape index (κ1) is 21.6. The Labute approximate surface area is 196 Å². The quantitative estimate of drug-likeness (QED) is 0.431. The van der Waals surface area contributed by atoms with E-state index in [4.69, 9.17) is 19.2 Å². The van der Waals surface area contributed by atoms with Crippen LogP contribution in [0.3, 0.4) is 0 Å². The van der Waals surface area contributed by atoms with Gasteiger partial charge in [0.15, 0.2) is 28.8 Å². The zero-order valence-electron chi connectivity index (χ0n) is 19.4. The van der Waals surface area contributed by atoms with Crippen LogP contribution >= 0.6 is 0 Å². The number of aromatic nitrogens is 4. The van der Waals surface area contributed by atoms with Crippen molar-refractivity contribution < 1.29 is 19.0 Å². The molecule has 0 fully saturated rings. The first-order valence-electron chi connectivity index (χ1n) is 10.9. The molecular weight excluding hydrogens is 432 g/mol. The Morgan fingerprint density at radius 2 is 1.85 bits per heavy atom. The molecule has 2 aromatic heterocycles. The van der Waals surface area contributed by atoms with Gasteiger partial charge in [-0.2, -0.15) is 0 Å². The highest BCUT2D eigenvalue weighted by Gasteiger charge is 2.35. The highest BCUT2D eigenvalue weighted by Crippen LogP contribution is 2.44. The number of fused-ring (bicyclic) bond motifs is 3. The van der Waals surface area contributed by atoms with Crippen LogP contribution in [0.5, 0.6) is 17.4 Å². The lowest BCUT2D eigenvalue weighted by atomic mass is 9.82. The summed E-state index contributed by atoms with van der Waals surface area (Å²) in [4.78, 5) is 22.0. The first-order valence-corrected chi connectivity index (χ1v) is 10.9. The number of hydrogen-bond donors (Lipinski definition) is 0. The van der Waals surface area contributed by atoms with Crippen molar-refractivity contribution in [2.45, 2.75) is 26.2 Å². The Morgan fingerprint density at radius 1 is 1.09 bits per heavy atom. The molecule has 0 amide bonds. The van der Waals surface area contributed by atoms with E-state index in [0.717, 1.165) is 16.7 Å². The van der Waals surface area contributed by atoms with Gasteiger partial charge in [0.05, 0.1) is 19.8 Å². The molecule has 0 saturated heterocycles. The van der Waals surface area contributed by atoms with Gasteiger partial charge in [-0.05, 0) is 37.1 Å². The summed E-state index contributed by atoms with van der Waals surface area (Å²) in [5.41, 5.74) is 3.89. The van der Waals surface area contributed by atoms with E-state index in [2.05, 4.69) is 10.1 Å². The van der Waals surface area contributed by atoms with Crippen molar-refractivity contribution in [2.24, 2.45) is 0 Å². The molecule has 8 heteroatoms. The largest absolute Gasteiger partial charge is 0.493 e. The molecule has 0 aliphatic carbocycles. The van der Waals surface area contributed by atoms with Crippen LogP contribution in [-0.4, -0.2) is 39.6 Å². The second-order valence-corrected chi connectivity index (χ2v) is 8.10. The molecule has 0 radical (unpaired) electrons. The molecule has 0 unspecified atom stereocenters. The second-order valence-electron chi connectivity index (χ2n) is 8.10. The van der Waals surface area contributed by atoms with E-state index >= 15 is 0 Å². The fourth-order valence-corrected chi connectivity index (χ4v) is 4.46. The lowest BCUT2D eigenvalue weighted by Gasteiger charge is -2.28. The number of Topliss-reactive ketones (excluding diaryl/α,β-unsaturated/α-hetero) is 1. The summed E-state index contributed by atoms with van der Waals surface area (Å²) in [5, 5.41) is 4.65. The lowest BCUT2D eigenvalue weighted by molar-refractivity contribution is -0.114. The van der Waals surface area contributed by atoms with E-state index in [1.54, 1.807) is 38.9 Å². The number of allylic oxidation sites excluding steroid dienone is 2. The molecule has 1 aliphatic rings. The van der Waals surface area contributed by atoms with Crippen molar-refractivity contribution in [3.05, 3.63) is 88.7 Å². The van der Waals surface area contributed by atoms with Crippen LogP contribution < -0.4 is 14.2 Å². The summed E-state index contributed by atoms with van der Waals surface area (Å²) in [5.74, 6) is 2.51. The standard InChI is InChI=1S/C26H24N4O4/c1-15(31)22-16(2)34-26-24(23(22)18-8-6-5-7-9-18)25-28-21(29-30(25)14-27-26)13-17-10-11-19(32-3)20(12-17)33-4/h5-12,14,23H,13H2,1-4H3/t23-/m1/s1. The molecular formula is C26H24N4O4. The molecule has 0 saturated carbocycles. The van der Waals surface area contributed by atoms with Crippen LogP contribution in [-0.2, 0) is 11.2 Å². The number of rotatable bonds is 6. The molecule has 0 spiro atoms. The predicted octanol–water partition coefficient (Wildman–Crippen LogP) is 4.12. The van der Waals surface area contributed by atoms with Gasteiger partial charge in [0, 0.05) is 17.9 Å². The van der Waals surface area contributed by atoms with Gasteiger partial charge in [-0.15, -0.1) is 5.10 Å². The minimum absolute atomic E-state index is 0.0518. The third-order valence-corrected chi connectivity index (χ3v) is 5.96. The molecule has 172 valence electrons. The number of hydrogen-bond acceptors (Lipinski definition) is 7. The molecule has 34 heavy (non-hydrogen) atoms. The van der Waals surface area contributed by atoms with Crippen molar-refractivity contribution in [3.8, 4) is 17.4 Å². The van der Waals surface area contributed by atoms with Gasteiger partial charge in [0.25, 0.3) is 0 Å². The van der Waals surface area contributed by atoms with E-state index in [1.165, 1.54) is 0 Å². The van der Waals surface area contributed by atoms with Gasteiger partial charge in [-0.3, -0.25) is 4.79 Å². The highest BCUT2D eigenvalue weighted by atomic mass is 16.5. The Kier molecular flexibility index (Phi) is 5.49. The van der Waals surface area contributed by atoms with Gasteiger partial charge in [-0.25, -0.2) is 14.5 Å². The minimum atomic E-state index is -0.350. The highest BCUT2D eigenvalue weighted by molar-refractivity contribution is 5.97. The Morgan fingerprint density at radius 3 is 2.56 bits per heavy atom. The number of carbonyl (C=O) groups is 1. The topological polar surface area (TPSA) is 87.8 Å². The van der Waals surface area contributed by atoms with Crippen LogP contribution in [0.2, 0.25) is 0 Å². The van der Waals surface area contributed by atoms with Gasteiger partial charge < -0.3 is 14.2 Å². The smallest absolute Gasteiger partial charge is 0.228 e. The van der Waals surface area contributed by atoms with Crippen LogP contribution in [0.15, 0.2) is 66.2 Å². The summed E-state index contributed by atoms with van der Waals surface area (Å²) in [7, 11) is 3.21. The second kappa shape index (κ2) is 8.62. The summed E-state index contributed by atoms with van der Waals surface area (Å²) < 4.78 is 18.4. The first-order chi connectivity index (χ1) is 16.5.